The number of benzene rings is 9. The first kappa shape index (κ1) is 34.1. The zero-order chi connectivity index (χ0) is 40.0. The van der Waals surface area contributed by atoms with Crippen LogP contribution in [0.2, 0.25) is 0 Å². The van der Waals surface area contributed by atoms with E-state index in [1.165, 1.54) is 53.5 Å². The Morgan fingerprint density at radius 1 is 0.328 bits per heavy atom. The molecule has 13 rings (SSSR count). The average Bonchev–Trinajstić information content (AvgIpc) is 3.85. The zero-order valence-corrected chi connectivity index (χ0v) is 33.5. The number of hydrogen-bond donors (Lipinski definition) is 0. The molecule has 0 amide bonds. The second kappa shape index (κ2) is 13.4. The molecule has 0 atom stereocenters. The third kappa shape index (κ3) is 5.19. The standard InChI is InChI=1S/C55H33N5S/c1-4-16-34(17-5-1)53-56-54(35-18-6-2-7-19-35)58-55(57-53)60-44-27-12-10-23-41(44)50-38(24-15-28-45(50)60)36-30-31-42-46(32-36)59(37-20-8-3-9-21-37)47-33-49-52-40(25-14-26-43(52)51(42)47)39-22-11-13-29-48(39)61-49/h1-33H. The molecule has 0 radical (unpaired) electrons. The lowest BCUT2D eigenvalue weighted by Gasteiger charge is -2.21. The van der Waals surface area contributed by atoms with Gasteiger partial charge in [0.15, 0.2) is 11.6 Å². The fraction of sp³-hybridized carbons (Fsp3) is 0. The highest BCUT2D eigenvalue weighted by Crippen LogP contribution is 2.51. The van der Waals surface area contributed by atoms with E-state index in [0.29, 0.717) is 17.6 Å². The first-order chi connectivity index (χ1) is 30.3. The van der Waals surface area contributed by atoms with Crippen LogP contribution < -0.4 is 0 Å². The van der Waals surface area contributed by atoms with Crippen LogP contribution in [0.3, 0.4) is 0 Å². The summed E-state index contributed by atoms with van der Waals surface area (Å²) >= 11 is 1.88. The van der Waals surface area contributed by atoms with Crippen LogP contribution in [0, 0.1) is 0 Å². The van der Waals surface area contributed by atoms with Gasteiger partial charge in [0, 0.05) is 53.5 Å². The van der Waals surface area contributed by atoms with Crippen LogP contribution in [0.25, 0.3) is 111 Å². The van der Waals surface area contributed by atoms with Crippen LogP contribution in [0.4, 0.5) is 0 Å². The van der Waals surface area contributed by atoms with Crippen LogP contribution in [0.1, 0.15) is 0 Å². The number of nitrogens with zero attached hydrogens (tertiary/aromatic N) is 5. The van der Waals surface area contributed by atoms with Gasteiger partial charge in [0.1, 0.15) is 0 Å². The van der Waals surface area contributed by atoms with Gasteiger partial charge in [0.05, 0.1) is 22.1 Å². The summed E-state index contributed by atoms with van der Waals surface area (Å²) in [6.45, 7) is 0. The third-order valence-electron chi connectivity index (χ3n) is 12.2. The van der Waals surface area contributed by atoms with Crippen molar-refractivity contribution in [3.63, 3.8) is 0 Å². The molecular weight excluding hydrogens is 763 g/mol. The summed E-state index contributed by atoms with van der Waals surface area (Å²) in [5, 5.41) is 7.41. The molecule has 6 heteroatoms. The first-order valence-corrected chi connectivity index (χ1v) is 21.3. The molecule has 0 saturated carbocycles. The van der Waals surface area contributed by atoms with E-state index in [1.54, 1.807) is 0 Å². The predicted octanol–water partition coefficient (Wildman–Crippen LogP) is 14.4. The van der Waals surface area contributed by atoms with E-state index in [4.69, 9.17) is 15.0 Å². The Labute approximate surface area is 355 Å². The van der Waals surface area contributed by atoms with Gasteiger partial charge in [-0.25, -0.2) is 4.98 Å². The molecular formula is C55H33N5S. The van der Waals surface area contributed by atoms with Gasteiger partial charge in [-0.1, -0.05) is 169 Å². The predicted molar refractivity (Wildman–Crippen MR) is 252 cm³/mol. The van der Waals surface area contributed by atoms with Crippen LogP contribution >= 0.6 is 11.8 Å². The average molecular weight is 796 g/mol. The minimum absolute atomic E-state index is 0.579. The van der Waals surface area contributed by atoms with E-state index >= 15 is 0 Å². The van der Waals surface area contributed by atoms with Gasteiger partial charge in [0.2, 0.25) is 5.95 Å². The molecule has 12 aromatic rings. The number of aromatic nitrogens is 5. The Morgan fingerprint density at radius 3 is 1.72 bits per heavy atom. The van der Waals surface area contributed by atoms with E-state index in [1.807, 2.05) is 48.2 Å². The second-order valence-electron chi connectivity index (χ2n) is 15.6. The normalized spacial score (nSPS) is 12.2. The van der Waals surface area contributed by atoms with Gasteiger partial charge in [-0.05, 0) is 70.1 Å². The molecule has 5 nitrogen and oxygen atoms in total. The monoisotopic (exact) mass is 795 g/mol. The van der Waals surface area contributed by atoms with Crippen molar-refractivity contribution < 1.29 is 0 Å². The van der Waals surface area contributed by atoms with E-state index in [-0.39, 0.29) is 0 Å². The Hall–Kier alpha value is -7.80. The number of para-hydroxylation sites is 2. The van der Waals surface area contributed by atoms with Gasteiger partial charge in [0.25, 0.3) is 0 Å². The molecule has 0 fully saturated rings. The zero-order valence-electron chi connectivity index (χ0n) is 32.7. The van der Waals surface area contributed by atoms with Crippen LogP contribution in [0.5, 0.6) is 0 Å². The smallest absolute Gasteiger partial charge is 0.238 e. The molecule has 0 spiro atoms. The van der Waals surface area contributed by atoms with Crippen molar-refractivity contribution in [2.45, 2.75) is 9.79 Å². The van der Waals surface area contributed by atoms with Gasteiger partial charge in [-0.15, -0.1) is 0 Å². The lowest BCUT2D eigenvalue weighted by molar-refractivity contribution is 0.953. The minimum atomic E-state index is 0.579. The summed E-state index contributed by atoms with van der Waals surface area (Å²) in [6, 6.07) is 71.4. The topological polar surface area (TPSA) is 48.5 Å². The van der Waals surface area contributed by atoms with Gasteiger partial charge < -0.3 is 4.57 Å². The lowest BCUT2D eigenvalue weighted by Crippen LogP contribution is -2.06. The van der Waals surface area contributed by atoms with E-state index in [9.17, 15) is 0 Å². The lowest BCUT2D eigenvalue weighted by atomic mass is 9.94. The highest BCUT2D eigenvalue weighted by atomic mass is 32.2. The van der Waals surface area contributed by atoms with Crippen molar-refractivity contribution in [3.8, 4) is 56.7 Å². The second-order valence-corrected chi connectivity index (χ2v) is 16.6. The Morgan fingerprint density at radius 2 is 0.934 bits per heavy atom. The molecule has 0 aliphatic carbocycles. The summed E-state index contributed by atoms with van der Waals surface area (Å²) in [7, 11) is 0. The minimum Gasteiger partial charge on any atom is -0.309 e. The Kier molecular flexibility index (Phi) is 7.47. The van der Waals surface area contributed by atoms with Crippen molar-refractivity contribution in [1.29, 1.82) is 0 Å². The number of fused-ring (bicyclic) bond motifs is 9. The molecule has 9 aromatic carbocycles. The fourth-order valence-electron chi connectivity index (χ4n) is 9.55. The molecule has 1 aliphatic rings. The molecule has 0 unspecified atom stereocenters. The first-order valence-electron chi connectivity index (χ1n) is 20.5. The van der Waals surface area contributed by atoms with Crippen LogP contribution in [0.15, 0.2) is 210 Å². The highest BCUT2D eigenvalue weighted by Gasteiger charge is 2.25. The van der Waals surface area contributed by atoms with Crippen molar-refractivity contribution in [1.82, 2.24) is 24.1 Å². The summed E-state index contributed by atoms with van der Waals surface area (Å²) in [4.78, 5) is 18.0. The molecule has 4 heterocycles. The molecule has 1 aliphatic heterocycles. The van der Waals surface area contributed by atoms with E-state index in [0.717, 1.165) is 49.7 Å². The maximum atomic E-state index is 5.18. The SMILES string of the molecule is c1ccc(-c2nc(-c3ccccc3)nc(-n3c4ccccc4c4c(-c5ccc6c7c8cccc9c8c(cc7n(-c7ccccc7)c6c5)Sc5ccccc5-9)cccc43)n2)cc1. The Bertz CT molecular complexity index is 3660. The van der Waals surface area contributed by atoms with Crippen LogP contribution in [-0.4, -0.2) is 24.1 Å². The Balaban J connectivity index is 1.07. The molecule has 0 bridgehead atoms. The van der Waals surface area contributed by atoms with Crippen molar-refractivity contribution in [3.05, 3.63) is 200 Å². The molecule has 61 heavy (non-hydrogen) atoms. The largest absolute Gasteiger partial charge is 0.309 e. The summed E-state index contributed by atoms with van der Waals surface area (Å²) in [5.74, 6) is 1.84. The molecule has 0 N–H and O–H groups in total. The fourth-order valence-corrected chi connectivity index (χ4v) is 10.7. The number of hydrogen-bond acceptors (Lipinski definition) is 4. The van der Waals surface area contributed by atoms with Gasteiger partial charge in [-0.3, -0.25) is 4.57 Å². The molecule has 3 aromatic heterocycles. The van der Waals surface area contributed by atoms with Crippen molar-refractivity contribution >= 4 is 66.1 Å². The van der Waals surface area contributed by atoms with E-state index in [2.05, 4.69) is 173 Å². The van der Waals surface area contributed by atoms with E-state index < -0.39 is 0 Å². The van der Waals surface area contributed by atoms with Crippen molar-refractivity contribution in [2.75, 3.05) is 0 Å². The summed E-state index contributed by atoms with van der Waals surface area (Å²) in [5.41, 5.74) is 12.3. The summed E-state index contributed by atoms with van der Waals surface area (Å²) < 4.78 is 4.67. The number of rotatable bonds is 5. The molecule has 0 saturated heterocycles. The molecule has 284 valence electrons. The maximum Gasteiger partial charge on any atom is 0.238 e. The third-order valence-corrected chi connectivity index (χ3v) is 13.3. The summed E-state index contributed by atoms with van der Waals surface area (Å²) in [6.07, 6.45) is 0. The maximum absolute atomic E-state index is 5.18. The van der Waals surface area contributed by atoms with Crippen molar-refractivity contribution in [2.24, 2.45) is 0 Å². The highest BCUT2D eigenvalue weighted by molar-refractivity contribution is 7.99. The van der Waals surface area contributed by atoms with Crippen LogP contribution in [-0.2, 0) is 0 Å². The quantitative estimate of drug-likeness (QED) is 0.174. The van der Waals surface area contributed by atoms with Gasteiger partial charge >= 0.3 is 0 Å². The van der Waals surface area contributed by atoms with Gasteiger partial charge in [-0.2, -0.15) is 9.97 Å².